The zero-order valence-electron chi connectivity index (χ0n) is 6.03. The van der Waals surface area contributed by atoms with E-state index in [-0.39, 0.29) is 4.47 Å². The van der Waals surface area contributed by atoms with Gasteiger partial charge in [-0.15, -0.1) is 13.2 Å². The van der Waals surface area contributed by atoms with Crippen LogP contribution in [0.2, 0.25) is 0 Å². The summed E-state index contributed by atoms with van der Waals surface area (Å²) in [6, 6.07) is 2.71. The van der Waals surface area contributed by atoms with Gasteiger partial charge in [0.2, 0.25) is 0 Å². The second kappa shape index (κ2) is 3.53. The summed E-state index contributed by atoms with van der Waals surface area (Å²) in [5, 5.41) is 0. The van der Waals surface area contributed by atoms with E-state index in [9.17, 15) is 17.6 Å². The molecule has 0 spiro atoms. The third kappa shape index (κ3) is 3.63. The molecule has 0 radical (unpaired) electrons. The average molecular weight is 259 g/mol. The monoisotopic (exact) mass is 258 g/mol. The van der Waals surface area contributed by atoms with Crippen LogP contribution in [0.1, 0.15) is 0 Å². The highest BCUT2D eigenvalue weighted by Gasteiger charge is 2.31. The van der Waals surface area contributed by atoms with Crippen molar-refractivity contribution in [1.82, 2.24) is 0 Å². The molecule has 0 fully saturated rings. The number of hydrogen-bond acceptors (Lipinski definition) is 1. The van der Waals surface area contributed by atoms with Crippen LogP contribution in [0.3, 0.4) is 0 Å². The first-order valence-corrected chi connectivity index (χ1v) is 3.88. The average Bonchev–Trinajstić information content (AvgIpc) is 1.78. The molecule has 0 saturated heterocycles. The van der Waals surface area contributed by atoms with Crippen molar-refractivity contribution in [3.63, 3.8) is 0 Å². The van der Waals surface area contributed by atoms with Gasteiger partial charge in [-0.05, 0) is 12.1 Å². The second-order valence-electron chi connectivity index (χ2n) is 2.15. The van der Waals surface area contributed by atoms with Crippen molar-refractivity contribution >= 4 is 15.9 Å². The zero-order chi connectivity index (χ0) is 10.1. The maximum atomic E-state index is 12.5. The Morgan fingerprint density at radius 1 is 1.15 bits per heavy atom. The molecule has 0 aliphatic rings. The smallest absolute Gasteiger partial charge is 0.406 e. The largest absolute Gasteiger partial charge is 0.573 e. The van der Waals surface area contributed by atoms with Crippen LogP contribution in [-0.2, 0) is 0 Å². The highest BCUT2D eigenvalue weighted by molar-refractivity contribution is 9.10. The van der Waals surface area contributed by atoms with Gasteiger partial charge in [0.15, 0.2) is 0 Å². The molecule has 1 rings (SSSR count). The van der Waals surface area contributed by atoms with Crippen molar-refractivity contribution in [2.24, 2.45) is 0 Å². The molecule has 1 nitrogen and oxygen atoms in total. The minimum atomic E-state index is -4.80. The summed E-state index contributed by atoms with van der Waals surface area (Å²) >= 11 is 2.83. The third-order valence-electron chi connectivity index (χ3n) is 1.07. The summed E-state index contributed by atoms with van der Waals surface area (Å²) in [6.45, 7) is 0. The summed E-state index contributed by atoms with van der Waals surface area (Å²) < 4.78 is 51.1. The number of alkyl halides is 3. The topological polar surface area (TPSA) is 9.23 Å². The van der Waals surface area contributed by atoms with E-state index in [1.807, 2.05) is 0 Å². The molecule has 1 aromatic carbocycles. The maximum absolute atomic E-state index is 12.5. The molecule has 72 valence electrons. The minimum Gasteiger partial charge on any atom is -0.406 e. The van der Waals surface area contributed by atoms with Gasteiger partial charge >= 0.3 is 6.36 Å². The Kier molecular flexibility index (Phi) is 2.80. The molecular formula is C7H3BrF4O. The normalized spacial score (nSPS) is 11.5. The Bertz CT molecular complexity index is 290. The standard InChI is InChI=1S/C7H3BrF4O/c8-4-1-5(9)3-6(2-4)13-7(10,11)12/h1-3H. The number of rotatable bonds is 1. The van der Waals surface area contributed by atoms with E-state index >= 15 is 0 Å². The van der Waals surface area contributed by atoms with Gasteiger partial charge in [0.1, 0.15) is 11.6 Å². The summed E-state index contributed by atoms with van der Waals surface area (Å²) in [7, 11) is 0. The molecule has 0 aliphatic heterocycles. The molecule has 0 aromatic heterocycles. The van der Waals surface area contributed by atoms with E-state index in [0.717, 1.165) is 12.1 Å². The molecule has 0 amide bonds. The molecule has 0 N–H and O–H groups in total. The molecule has 0 aliphatic carbocycles. The number of benzene rings is 1. The first-order chi connectivity index (χ1) is 5.87. The molecule has 0 bridgehead atoms. The molecule has 6 heteroatoms. The van der Waals surface area contributed by atoms with Crippen LogP contribution >= 0.6 is 15.9 Å². The fourth-order valence-electron chi connectivity index (χ4n) is 0.721. The first kappa shape index (κ1) is 10.3. The van der Waals surface area contributed by atoms with Crippen molar-refractivity contribution in [3.8, 4) is 5.75 Å². The Morgan fingerprint density at radius 3 is 2.23 bits per heavy atom. The Balaban J connectivity index is 2.90. The van der Waals surface area contributed by atoms with Crippen LogP contribution in [0.5, 0.6) is 5.75 Å². The molecule has 0 unspecified atom stereocenters. The van der Waals surface area contributed by atoms with E-state index in [1.54, 1.807) is 0 Å². The van der Waals surface area contributed by atoms with Gasteiger partial charge in [-0.1, -0.05) is 15.9 Å². The molecule has 1 aromatic rings. The number of halogens is 5. The summed E-state index contributed by atoms with van der Waals surface area (Å²) in [4.78, 5) is 0. The van der Waals surface area contributed by atoms with Crippen LogP contribution < -0.4 is 4.74 Å². The summed E-state index contributed by atoms with van der Waals surface area (Å²) in [5.74, 6) is -1.38. The molecule has 0 heterocycles. The predicted octanol–water partition coefficient (Wildman–Crippen LogP) is 3.49. The predicted molar refractivity (Wildman–Crippen MR) is 40.8 cm³/mol. The highest BCUT2D eigenvalue weighted by Crippen LogP contribution is 2.26. The number of hydrogen-bond donors (Lipinski definition) is 0. The SMILES string of the molecule is Fc1cc(Br)cc(OC(F)(F)F)c1. The highest BCUT2D eigenvalue weighted by atomic mass is 79.9. The van der Waals surface area contributed by atoms with E-state index in [1.165, 1.54) is 0 Å². The van der Waals surface area contributed by atoms with Gasteiger partial charge in [0.05, 0.1) is 0 Å². The lowest BCUT2D eigenvalue weighted by molar-refractivity contribution is -0.274. The van der Waals surface area contributed by atoms with E-state index in [0.29, 0.717) is 6.07 Å². The zero-order valence-corrected chi connectivity index (χ0v) is 7.62. The van der Waals surface area contributed by atoms with Crippen LogP contribution in [0, 0.1) is 5.82 Å². The quantitative estimate of drug-likeness (QED) is 0.701. The lowest BCUT2D eigenvalue weighted by Gasteiger charge is -2.08. The van der Waals surface area contributed by atoms with Gasteiger partial charge in [-0.2, -0.15) is 0 Å². The van der Waals surface area contributed by atoms with Gasteiger partial charge in [0, 0.05) is 10.5 Å². The van der Waals surface area contributed by atoms with Crippen LogP contribution in [0.4, 0.5) is 17.6 Å². The van der Waals surface area contributed by atoms with Crippen molar-refractivity contribution in [3.05, 3.63) is 28.5 Å². The molecular weight excluding hydrogens is 256 g/mol. The van der Waals surface area contributed by atoms with Crippen molar-refractivity contribution in [1.29, 1.82) is 0 Å². The minimum absolute atomic E-state index is 0.187. The van der Waals surface area contributed by atoms with Gasteiger partial charge in [0.25, 0.3) is 0 Å². The first-order valence-electron chi connectivity index (χ1n) is 3.09. The van der Waals surface area contributed by atoms with Gasteiger partial charge in [-0.3, -0.25) is 0 Å². The van der Waals surface area contributed by atoms with Crippen LogP contribution in [0.25, 0.3) is 0 Å². The van der Waals surface area contributed by atoms with Crippen molar-refractivity contribution < 1.29 is 22.3 Å². The number of ether oxygens (including phenoxy) is 1. The fraction of sp³-hybridized carbons (Fsp3) is 0.143. The van der Waals surface area contributed by atoms with Gasteiger partial charge < -0.3 is 4.74 Å². The molecule has 0 atom stereocenters. The molecule has 0 saturated carbocycles. The Morgan fingerprint density at radius 2 is 1.77 bits per heavy atom. The van der Waals surface area contributed by atoms with Crippen LogP contribution in [0.15, 0.2) is 22.7 Å². The van der Waals surface area contributed by atoms with Gasteiger partial charge in [-0.25, -0.2) is 4.39 Å². The summed E-state index contributed by atoms with van der Waals surface area (Å²) in [6.07, 6.45) is -4.80. The van der Waals surface area contributed by atoms with E-state index in [4.69, 9.17) is 0 Å². The van der Waals surface area contributed by atoms with Crippen LogP contribution in [-0.4, -0.2) is 6.36 Å². The summed E-state index contributed by atoms with van der Waals surface area (Å²) in [5.41, 5.74) is 0. The Labute approximate surface area is 79.4 Å². The lowest BCUT2D eigenvalue weighted by Crippen LogP contribution is -2.17. The Hall–Kier alpha value is -0.780. The fourth-order valence-corrected chi connectivity index (χ4v) is 1.17. The van der Waals surface area contributed by atoms with E-state index in [2.05, 4.69) is 20.7 Å². The van der Waals surface area contributed by atoms with Crippen molar-refractivity contribution in [2.75, 3.05) is 0 Å². The second-order valence-corrected chi connectivity index (χ2v) is 3.07. The van der Waals surface area contributed by atoms with Crippen molar-refractivity contribution in [2.45, 2.75) is 6.36 Å². The third-order valence-corrected chi connectivity index (χ3v) is 1.53. The lowest BCUT2D eigenvalue weighted by atomic mass is 10.3. The maximum Gasteiger partial charge on any atom is 0.573 e. The molecule has 13 heavy (non-hydrogen) atoms. The van der Waals surface area contributed by atoms with E-state index < -0.39 is 17.9 Å².